The molecule has 1 aromatic rings. The van der Waals surface area contributed by atoms with Gasteiger partial charge in [0.15, 0.2) is 0 Å². The first-order valence-corrected chi connectivity index (χ1v) is 12.3. The third-order valence-corrected chi connectivity index (χ3v) is 5.80. The van der Waals surface area contributed by atoms with Crippen LogP contribution in [0.25, 0.3) is 0 Å². The molecule has 0 bridgehead atoms. The molecule has 0 spiro atoms. The molecule has 1 heterocycles. The summed E-state index contributed by atoms with van der Waals surface area (Å²) in [7, 11) is 2.12. The monoisotopic (exact) mass is 533 g/mol. The summed E-state index contributed by atoms with van der Waals surface area (Å²) >= 11 is 2.29. The van der Waals surface area contributed by atoms with Crippen LogP contribution in [-0.2, 0) is 6.54 Å². The van der Waals surface area contributed by atoms with E-state index >= 15 is 0 Å². The first kappa shape index (κ1) is 25.4. The summed E-state index contributed by atoms with van der Waals surface area (Å²) in [6, 6.07) is 5.61. The number of phenolic OH excluding ortho intramolecular Hbond substituents is 1. The van der Waals surface area contributed by atoms with Gasteiger partial charge in [0.25, 0.3) is 0 Å². The predicted molar refractivity (Wildman–Crippen MR) is 142 cm³/mol. The van der Waals surface area contributed by atoms with E-state index in [2.05, 4.69) is 65.5 Å². The van der Waals surface area contributed by atoms with Gasteiger partial charge in [-0.15, -0.1) is 0 Å². The Bertz CT molecular complexity index is 839. The molecule has 5 heteroatoms. The Morgan fingerprint density at radius 2 is 1.94 bits per heavy atom. The maximum absolute atomic E-state index is 10.3. The van der Waals surface area contributed by atoms with Crippen LogP contribution in [0.15, 0.2) is 69.6 Å². The second-order valence-corrected chi connectivity index (χ2v) is 9.31. The highest BCUT2D eigenvalue weighted by Gasteiger charge is 2.07. The number of hydrogen-bond donors (Lipinski definition) is 2. The van der Waals surface area contributed by atoms with Gasteiger partial charge in [-0.1, -0.05) is 57.8 Å². The number of unbranched alkanes of at least 4 members (excludes halogenated alkanes) is 5. The number of allylic oxidation sites excluding steroid dienone is 5. The first-order chi connectivity index (χ1) is 15.0. The molecule has 1 aliphatic heterocycles. The highest BCUT2D eigenvalue weighted by molar-refractivity contribution is 14.1. The molecule has 4 nitrogen and oxygen atoms in total. The lowest BCUT2D eigenvalue weighted by Crippen LogP contribution is -2.19. The average molecular weight is 533 g/mol. The van der Waals surface area contributed by atoms with Crippen LogP contribution >= 0.6 is 22.6 Å². The Labute approximate surface area is 201 Å². The minimum Gasteiger partial charge on any atom is -0.508 e. The molecule has 0 aliphatic carbocycles. The van der Waals surface area contributed by atoms with Gasteiger partial charge >= 0.3 is 0 Å². The maximum atomic E-state index is 10.3. The largest absolute Gasteiger partial charge is 0.508 e. The lowest BCUT2D eigenvalue weighted by molar-refractivity contribution is 0.310. The molecule has 0 fully saturated rings. The molecule has 0 amide bonds. The molecule has 0 unspecified atom stereocenters. The molecule has 1 aromatic carbocycles. The van der Waals surface area contributed by atoms with E-state index in [0.29, 0.717) is 5.75 Å². The van der Waals surface area contributed by atoms with E-state index in [1.165, 1.54) is 38.5 Å². The number of hydrogen-bond acceptors (Lipinski definition) is 4. The standard InChI is InChI=1S/C26H36IN3O/c1-4-5-6-7-8-9-17-30(3)20-22-19-25(13-14-26(22)31)29-24-12-10-11-23(27)18-21(2)28-16-15-24/h10-11,13-16,18-19,28,31H,2,4-9,12,17,20H2,1,3H3/b11-10-,16-15?,23-18+,29-24?. The van der Waals surface area contributed by atoms with Gasteiger partial charge in [-0.2, -0.15) is 0 Å². The Balaban J connectivity index is 2.01. The fourth-order valence-electron chi connectivity index (χ4n) is 3.41. The fourth-order valence-corrected chi connectivity index (χ4v) is 4.04. The molecule has 2 rings (SSSR count). The average Bonchev–Trinajstić information content (AvgIpc) is 2.72. The molecule has 0 aromatic heterocycles. The van der Waals surface area contributed by atoms with Crippen molar-refractivity contribution in [2.24, 2.45) is 4.99 Å². The molecular formula is C26H36IN3O. The normalized spacial score (nSPS) is 18.6. The van der Waals surface area contributed by atoms with Crippen molar-refractivity contribution in [3.63, 3.8) is 0 Å². The Hall–Kier alpha value is -1.86. The smallest absolute Gasteiger partial charge is 0.120 e. The van der Waals surface area contributed by atoms with Crippen molar-refractivity contribution in [1.29, 1.82) is 0 Å². The minimum absolute atomic E-state index is 0.331. The number of nitrogens with one attached hydrogen (secondary N) is 1. The number of rotatable bonds is 10. The molecule has 0 saturated heterocycles. The van der Waals surface area contributed by atoms with Crippen molar-refractivity contribution in [3.8, 4) is 5.75 Å². The third-order valence-electron chi connectivity index (χ3n) is 5.13. The van der Waals surface area contributed by atoms with Gasteiger partial charge in [0, 0.05) is 39.7 Å². The number of nitrogens with zero attached hydrogens (tertiary/aromatic N) is 2. The molecular weight excluding hydrogens is 497 g/mol. The zero-order valence-corrected chi connectivity index (χ0v) is 21.1. The molecule has 0 saturated carbocycles. The lowest BCUT2D eigenvalue weighted by atomic mass is 10.1. The predicted octanol–water partition coefficient (Wildman–Crippen LogP) is 7.15. The highest BCUT2D eigenvalue weighted by atomic mass is 127. The van der Waals surface area contributed by atoms with Crippen LogP contribution in [-0.4, -0.2) is 29.3 Å². The van der Waals surface area contributed by atoms with Crippen LogP contribution in [0.1, 0.15) is 57.4 Å². The topological polar surface area (TPSA) is 47.9 Å². The molecule has 0 radical (unpaired) electrons. The second-order valence-electron chi connectivity index (χ2n) is 8.06. The van der Waals surface area contributed by atoms with Crippen LogP contribution in [0, 0.1) is 0 Å². The summed E-state index contributed by atoms with van der Waals surface area (Å²) in [6.45, 7) is 8.00. The van der Waals surface area contributed by atoms with Crippen LogP contribution in [0.5, 0.6) is 5.75 Å². The Morgan fingerprint density at radius 3 is 2.74 bits per heavy atom. The quantitative estimate of drug-likeness (QED) is 0.248. The highest BCUT2D eigenvalue weighted by Crippen LogP contribution is 2.25. The number of halogens is 1. The summed E-state index contributed by atoms with van der Waals surface area (Å²) in [5.41, 5.74) is 3.56. The van der Waals surface area contributed by atoms with Crippen molar-refractivity contribution in [2.75, 3.05) is 13.6 Å². The molecule has 168 valence electrons. The van der Waals surface area contributed by atoms with Crippen LogP contribution in [0.3, 0.4) is 0 Å². The van der Waals surface area contributed by atoms with Crippen molar-refractivity contribution in [3.05, 3.63) is 70.1 Å². The van der Waals surface area contributed by atoms with Crippen molar-refractivity contribution < 1.29 is 5.11 Å². The van der Waals surface area contributed by atoms with E-state index in [4.69, 9.17) is 4.99 Å². The van der Waals surface area contributed by atoms with Gasteiger partial charge in [-0.3, -0.25) is 4.99 Å². The fraction of sp³-hybridized carbons (Fsp3) is 0.423. The molecule has 0 atom stereocenters. The first-order valence-electron chi connectivity index (χ1n) is 11.2. The van der Waals surface area contributed by atoms with Gasteiger partial charge < -0.3 is 15.3 Å². The van der Waals surface area contributed by atoms with E-state index in [1.807, 2.05) is 30.5 Å². The summed E-state index contributed by atoms with van der Waals surface area (Å²) in [5, 5.41) is 13.5. The Kier molecular flexibility index (Phi) is 11.7. The summed E-state index contributed by atoms with van der Waals surface area (Å²) in [4.78, 5) is 7.09. The van der Waals surface area contributed by atoms with Gasteiger partial charge in [0.1, 0.15) is 5.75 Å². The summed E-state index contributed by atoms with van der Waals surface area (Å²) < 4.78 is 1.12. The molecule has 31 heavy (non-hydrogen) atoms. The maximum Gasteiger partial charge on any atom is 0.120 e. The van der Waals surface area contributed by atoms with E-state index in [-0.39, 0.29) is 0 Å². The zero-order chi connectivity index (χ0) is 22.5. The number of phenols is 1. The molecule has 1 aliphatic rings. The van der Waals surface area contributed by atoms with Gasteiger partial charge in [0.2, 0.25) is 0 Å². The van der Waals surface area contributed by atoms with E-state index in [1.54, 1.807) is 6.07 Å². The van der Waals surface area contributed by atoms with Crippen LogP contribution < -0.4 is 5.32 Å². The van der Waals surface area contributed by atoms with Gasteiger partial charge in [-0.25, -0.2) is 0 Å². The van der Waals surface area contributed by atoms with E-state index in [0.717, 1.165) is 45.7 Å². The van der Waals surface area contributed by atoms with Gasteiger partial charge in [-0.05, 0) is 73.0 Å². The summed E-state index contributed by atoms with van der Waals surface area (Å²) in [5.74, 6) is 0.331. The van der Waals surface area contributed by atoms with Crippen molar-refractivity contribution in [1.82, 2.24) is 10.2 Å². The number of benzene rings is 1. The SMILES string of the molecule is C=C1/C=C(I)\C=C/CC(=Nc2ccc(O)c(CN(C)CCCCCCCC)c2)C=CN1. The molecule has 2 N–H and O–H groups in total. The minimum atomic E-state index is 0.331. The van der Waals surface area contributed by atoms with Gasteiger partial charge in [0.05, 0.1) is 5.69 Å². The zero-order valence-electron chi connectivity index (χ0n) is 18.9. The lowest BCUT2D eigenvalue weighted by Gasteiger charge is -2.17. The van der Waals surface area contributed by atoms with Crippen molar-refractivity contribution in [2.45, 2.75) is 58.4 Å². The number of aromatic hydroxyl groups is 1. The van der Waals surface area contributed by atoms with E-state index < -0.39 is 0 Å². The van der Waals surface area contributed by atoms with Crippen LogP contribution in [0.4, 0.5) is 5.69 Å². The third kappa shape index (κ3) is 10.3. The summed E-state index contributed by atoms with van der Waals surface area (Å²) in [6.07, 6.45) is 18.5. The number of aliphatic imine (C=N–C) groups is 1. The second kappa shape index (κ2) is 14.2. The van der Waals surface area contributed by atoms with E-state index in [9.17, 15) is 5.11 Å². The Morgan fingerprint density at radius 1 is 1.16 bits per heavy atom. The van der Waals surface area contributed by atoms with Crippen LogP contribution in [0.2, 0.25) is 0 Å². The van der Waals surface area contributed by atoms with Crippen molar-refractivity contribution >= 4 is 34.0 Å².